The lowest BCUT2D eigenvalue weighted by Crippen LogP contribution is -2.41. The van der Waals surface area contributed by atoms with Gasteiger partial charge in [-0.3, -0.25) is 20.4 Å². The van der Waals surface area contributed by atoms with Gasteiger partial charge in [-0.1, -0.05) is 23.7 Å². The van der Waals surface area contributed by atoms with Gasteiger partial charge in [0.2, 0.25) is 6.79 Å². The minimum atomic E-state index is -0.523. The standard InChI is InChI=1S/C15H10BrClN2O4/c16-10-4-2-1-3-9(10)15(21)19-18-14(20)8-5-11(17)13-12(6-8)22-7-23-13/h1-6H,7H2,(H,18,20)(H,19,21). The van der Waals surface area contributed by atoms with E-state index in [1.165, 1.54) is 12.1 Å². The first kappa shape index (κ1) is 15.6. The number of ether oxygens (including phenoxy) is 2. The van der Waals surface area contributed by atoms with Crippen LogP contribution < -0.4 is 20.3 Å². The summed E-state index contributed by atoms with van der Waals surface area (Å²) in [5.74, 6) is -0.177. The first-order chi connectivity index (χ1) is 11.1. The number of hydrazine groups is 1. The van der Waals surface area contributed by atoms with Crippen LogP contribution in [0.2, 0.25) is 5.02 Å². The number of hydrogen-bond donors (Lipinski definition) is 2. The summed E-state index contributed by atoms with van der Waals surface area (Å²) in [5, 5.41) is 0.266. The van der Waals surface area contributed by atoms with E-state index >= 15 is 0 Å². The molecular formula is C15H10BrClN2O4. The maximum atomic E-state index is 12.1. The molecule has 6 nitrogen and oxygen atoms in total. The van der Waals surface area contributed by atoms with Crippen LogP contribution in [-0.2, 0) is 0 Å². The Balaban J connectivity index is 1.70. The van der Waals surface area contributed by atoms with Crippen LogP contribution in [0.25, 0.3) is 0 Å². The van der Waals surface area contributed by atoms with Crippen molar-refractivity contribution >= 4 is 39.3 Å². The number of amides is 2. The Labute approximate surface area is 144 Å². The number of nitrogens with one attached hydrogen (secondary N) is 2. The summed E-state index contributed by atoms with van der Waals surface area (Å²) in [6, 6.07) is 9.80. The zero-order chi connectivity index (χ0) is 16.4. The fraction of sp³-hybridized carbons (Fsp3) is 0.0667. The molecule has 0 aromatic heterocycles. The third-order valence-electron chi connectivity index (χ3n) is 3.10. The van der Waals surface area contributed by atoms with Crippen molar-refractivity contribution < 1.29 is 19.1 Å². The molecule has 2 aromatic rings. The van der Waals surface area contributed by atoms with Gasteiger partial charge < -0.3 is 9.47 Å². The molecule has 1 heterocycles. The van der Waals surface area contributed by atoms with Gasteiger partial charge in [0.15, 0.2) is 11.5 Å². The molecule has 0 unspecified atom stereocenters. The number of rotatable bonds is 2. The largest absolute Gasteiger partial charge is 0.454 e. The molecule has 1 aliphatic rings. The van der Waals surface area contributed by atoms with Crippen molar-refractivity contribution in [1.82, 2.24) is 10.9 Å². The van der Waals surface area contributed by atoms with Gasteiger partial charge in [0.1, 0.15) is 0 Å². The predicted octanol–water partition coefficient (Wildman–Crippen LogP) is 2.91. The average molecular weight is 398 g/mol. The van der Waals surface area contributed by atoms with Crippen LogP contribution in [0.1, 0.15) is 20.7 Å². The number of hydrogen-bond acceptors (Lipinski definition) is 4. The van der Waals surface area contributed by atoms with E-state index in [4.69, 9.17) is 21.1 Å². The Bertz CT molecular complexity index is 797. The summed E-state index contributed by atoms with van der Waals surface area (Å²) in [6.45, 7) is 0.0545. The third kappa shape index (κ3) is 3.25. The lowest BCUT2D eigenvalue weighted by molar-refractivity contribution is 0.0846. The molecule has 0 aliphatic carbocycles. The summed E-state index contributed by atoms with van der Waals surface area (Å²) in [6.07, 6.45) is 0. The van der Waals surface area contributed by atoms with Crippen molar-refractivity contribution in [1.29, 1.82) is 0 Å². The lowest BCUT2D eigenvalue weighted by Gasteiger charge is -2.09. The van der Waals surface area contributed by atoms with E-state index in [1.54, 1.807) is 24.3 Å². The van der Waals surface area contributed by atoms with Crippen LogP contribution in [0.5, 0.6) is 11.5 Å². The zero-order valence-electron chi connectivity index (χ0n) is 11.6. The lowest BCUT2D eigenvalue weighted by atomic mass is 10.2. The van der Waals surface area contributed by atoms with Gasteiger partial charge in [-0.05, 0) is 40.2 Å². The summed E-state index contributed by atoms with van der Waals surface area (Å²) in [4.78, 5) is 24.2. The van der Waals surface area contributed by atoms with Gasteiger partial charge in [0, 0.05) is 10.0 Å². The second-order valence-electron chi connectivity index (χ2n) is 4.58. The van der Waals surface area contributed by atoms with Crippen LogP contribution in [0.15, 0.2) is 40.9 Å². The van der Waals surface area contributed by atoms with Crippen molar-refractivity contribution in [3.05, 3.63) is 57.0 Å². The zero-order valence-corrected chi connectivity index (χ0v) is 13.9. The molecule has 0 atom stereocenters. The highest BCUT2D eigenvalue weighted by Crippen LogP contribution is 2.39. The van der Waals surface area contributed by atoms with Gasteiger partial charge in [-0.2, -0.15) is 0 Å². The van der Waals surface area contributed by atoms with Gasteiger partial charge in [-0.15, -0.1) is 0 Å². The minimum absolute atomic E-state index is 0.0545. The van der Waals surface area contributed by atoms with Gasteiger partial charge >= 0.3 is 0 Å². The van der Waals surface area contributed by atoms with E-state index in [-0.39, 0.29) is 17.4 Å². The van der Waals surface area contributed by atoms with Crippen molar-refractivity contribution in [3.8, 4) is 11.5 Å². The highest BCUT2D eigenvalue weighted by molar-refractivity contribution is 9.10. The van der Waals surface area contributed by atoms with Crippen LogP contribution in [0, 0.1) is 0 Å². The van der Waals surface area contributed by atoms with Crippen LogP contribution in [-0.4, -0.2) is 18.6 Å². The monoisotopic (exact) mass is 396 g/mol. The summed E-state index contributed by atoms with van der Waals surface area (Å²) >= 11 is 9.29. The maximum Gasteiger partial charge on any atom is 0.270 e. The predicted molar refractivity (Wildman–Crippen MR) is 86.6 cm³/mol. The van der Waals surface area contributed by atoms with Crippen molar-refractivity contribution in [2.24, 2.45) is 0 Å². The molecule has 3 rings (SSSR count). The topological polar surface area (TPSA) is 76.7 Å². The molecule has 0 fully saturated rings. The molecule has 0 bridgehead atoms. The van der Waals surface area contributed by atoms with Crippen molar-refractivity contribution in [2.75, 3.05) is 6.79 Å². The Morgan fingerprint density at radius 1 is 1.09 bits per heavy atom. The third-order valence-corrected chi connectivity index (χ3v) is 4.07. The number of carbonyl (C=O) groups excluding carboxylic acids is 2. The van der Waals surface area contributed by atoms with E-state index in [2.05, 4.69) is 26.8 Å². The van der Waals surface area contributed by atoms with E-state index < -0.39 is 11.8 Å². The molecule has 1 aliphatic heterocycles. The molecule has 0 radical (unpaired) electrons. The normalized spacial score (nSPS) is 11.9. The number of halogens is 2. The minimum Gasteiger partial charge on any atom is -0.454 e. The van der Waals surface area contributed by atoms with Crippen molar-refractivity contribution in [2.45, 2.75) is 0 Å². The van der Waals surface area contributed by atoms with Crippen molar-refractivity contribution in [3.63, 3.8) is 0 Å². The average Bonchev–Trinajstić information content (AvgIpc) is 3.01. The molecule has 2 amide bonds. The Morgan fingerprint density at radius 3 is 2.61 bits per heavy atom. The fourth-order valence-corrected chi connectivity index (χ4v) is 2.73. The summed E-state index contributed by atoms with van der Waals surface area (Å²) < 4.78 is 11.0. The first-order valence-electron chi connectivity index (χ1n) is 6.50. The number of benzene rings is 2. The SMILES string of the molecule is O=C(NNC(=O)c1ccccc1Br)c1cc(Cl)c2c(c1)OCO2. The quantitative estimate of drug-likeness (QED) is 0.764. The molecule has 0 saturated carbocycles. The molecule has 2 N–H and O–H groups in total. The molecule has 0 saturated heterocycles. The van der Waals surface area contributed by atoms with Crippen LogP contribution in [0.4, 0.5) is 0 Å². The maximum absolute atomic E-state index is 12.1. The molecule has 8 heteroatoms. The second kappa shape index (κ2) is 6.47. The van der Waals surface area contributed by atoms with Crippen LogP contribution in [0.3, 0.4) is 0 Å². The smallest absolute Gasteiger partial charge is 0.270 e. The van der Waals surface area contributed by atoms with Crippen LogP contribution >= 0.6 is 27.5 Å². The number of carbonyl (C=O) groups is 2. The first-order valence-corrected chi connectivity index (χ1v) is 7.67. The molecule has 2 aromatic carbocycles. The van der Waals surface area contributed by atoms with Gasteiger partial charge in [0.05, 0.1) is 10.6 Å². The highest BCUT2D eigenvalue weighted by Gasteiger charge is 2.21. The van der Waals surface area contributed by atoms with E-state index in [0.29, 0.717) is 21.5 Å². The van der Waals surface area contributed by atoms with Gasteiger partial charge in [0.25, 0.3) is 11.8 Å². The number of fused-ring (bicyclic) bond motifs is 1. The molecule has 118 valence electrons. The van der Waals surface area contributed by atoms with Gasteiger partial charge in [-0.25, -0.2) is 0 Å². The molecule has 23 heavy (non-hydrogen) atoms. The highest BCUT2D eigenvalue weighted by atomic mass is 79.9. The summed E-state index contributed by atoms with van der Waals surface area (Å²) in [7, 11) is 0. The Morgan fingerprint density at radius 2 is 1.83 bits per heavy atom. The Hall–Kier alpha value is -2.25. The van der Waals surface area contributed by atoms with E-state index in [9.17, 15) is 9.59 Å². The summed E-state index contributed by atoms with van der Waals surface area (Å²) in [5.41, 5.74) is 5.31. The molecular weight excluding hydrogens is 388 g/mol. The molecule has 0 spiro atoms. The van der Waals surface area contributed by atoms with E-state index in [1.807, 2.05) is 0 Å². The fourth-order valence-electron chi connectivity index (χ4n) is 2.00. The Kier molecular flexibility index (Phi) is 4.40. The van der Waals surface area contributed by atoms with E-state index in [0.717, 1.165) is 0 Å². The second-order valence-corrected chi connectivity index (χ2v) is 5.84.